The summed E-state index contributed by atoms with van der Waals surface area (Å²) in [6, 6.07) is 7.26. The molecule has 48 heavy (non-hydrogen) atoms. The highest BCUT2D eigenvalue weighted by Crippen LogP contribution is 2.29. The van der Waals surface area contributed by atoms with Crippen molar-refractivity contribution >= 4 is 23.6 Å². The molecule has 1 heterocycles. The third-order valence-corrected chi connectivity index (χ3v) is 8.63. The molecule has 5 atom stereocenters. The zero-order chi connectivity index (χ0) is 35.2. The van der Waals surface area contributed by atoms with Gasteiger partial charge >= 0.3 is 0 Å². The number of rotatable bonds is 15. The van der Waals surface area contributed by atoms with E-state index < -0.39 is 47.8 Å². The Kier molecular flexibility index (Phi) is 15.2. The second-order valence-electron chi connectivity index (χ2n) is 12.4. The normalized spacial score (nSPS) is 19.9. The summed E-state index contributed by atoms with van der Waals surface area (Å²) >= 11 is 0. The number of phenolic OH excluding ortho intramolecular Hbond substituents is 1. The molecule has 0 radical (unpaired) electrons. The van der Waals surface area contributed by atoms with Crippen LogP contribution < -0.4 is 39.3 Å². The van der Waals surface area contributed by atoms with Crippen molar-refractivity contribution in [2.24, 2.45) is 28.7 Å². The molecule has 14 nitrogen and oxygen atoms in total. The summed E-state index contributed by atoms with van der Waals surface area (Å²) in [5.74, 6) is -2.68. The molecular weight excluding hydrogens is 616 g/mol. The van der Waals surface area contributed by atoms with Crippen molar-refractivity contribution in [3.8, 4) is 16.9 Å². The molecule has 1 aliphatic heterocycles. The van der Waals surface area contributed by atoms with Gasteiger partial charge in [-0.3, -0.25) is 19.2 Å². The van der Waals surface area contributed by atoms with Crippen molar-refractivity contribution in [3.63, 3.8) is 0 Å². The molecule has 0 saturated heterocycles. The van der Waals surface area contributed by atoms with Crippen LogP contribution in [0.2, 0.25) is 0 Å². The van der Waals surface area contributed by atoms with Crippen LogP contribution in [-0.2, 0) is 32.0 Å². The van der Waals surface area contributed by atoms with E-state index in [9.17, 15) is 29.4 Å². The number of benzene rings is 2. The number of carbonyl (C=O) groups is 4. The van der Waals surface area contributed by atoms with E-state index in [1.54, 1.807) is 12.1 Å². The van der Waals surface area contributed by atoms with Gasteiger partial charge in [0.15, 0.2) is 0 Å². The lowest BCUT2D eigenvalue weighted by molar-refractivity contribution is -0.150. The van der Waals surface area contributed by atoms with Gasteiger partial charge in [0, 0.05) is 25.4 Å². The van der Waals surface area contributed by atoms with Gasteiger partial charge in [-0.15, -0.1) is 0 Å². The Labute approximate surface area is 281 Å². The first-order chi connectivity index (χ1) is 23.0. The molecule has 14 N–H and O–H groups in total. The first-order valence-corrected chi connectivity index (χ1v) is 16.6. The van der Waals surface area contributed by atoms with Crippen molar-refractivity contribution in [1.82, 2.24) is 15.5 Å². The quantitative estimate of drug-likeness (QED) is 0.106. The minimum absolute atomic E-state index is 0.0569. The largest absolute Gasteiger partial charge is 0.508 e. The van der Waals surface area contributed by atoms with Gasteiger partial charge in [0.1, 0.15) is 23.9 Å². The Hall–Kier alpha value is -4.08. The molecule has 2 aromatic rings. The van der Waals surface area contributed by atoms with Gasteiger partial charge in [0.25, 0.3) is 0 Å². The Morgan fingerprint density at radius 1 is 0.979 bits per heavy atom. The Morgan fingerprint density at radius 2 is 1.71 bits per heavy atom. The standard InChI is InChI=1S/C34H52N8O6/c35-13-4-9-28(32(46)40-15-2-1-8-25(37)20-43)42-29(10-5-14-36)33(47)41-27(31(39)45)17-21-6-3-7-22(16-21)23-11-12-30(44)24(18-23)19-26(38)34(42)48/h3,6-7,11-12,16,18,25-29,43-44H,1-2,4-5,8-10,13-15,17,19-20,35-38H2,(H2,39,45)(H,40,46)(H,41,47)/t25-,26-,27-,28-,29-/m0/s1. The number of hydrogen-bond donors (Lipinski definition) is 9. The smallest absolute Gasteiger partial charge is 0.243 e. The van der Waals surface area contributed by atoms with Gasteiger partial charge in [-0.2, -0.15) is 0 Å². The highest BCUT2D eigenvalue weighted by atomic mass is 16.3. The maximum atomic E-state index is 14.4. The highest BCUT2D eigenvalue weighted by Gasteiger charge is 2.41. The summed E-state index contributed by atoms with van der Waals surface area (Å²) in [7, 11) is 0. The number of primary amides is 1. The average molecular weight is 669 g/mol. The predicted molar refractivity (Wildman–Crippen MR) is 183 cm³/mol. The fourth-order valence-electron chi connectivity index (χ4n) is 5.94. The van der Waals surface area contributed by atoms with Gasteiger partial charge in [-0.1, -0.05) is 36.8 Å². The van der Waals surface area contributed by atoms with Crippen LogP contribution in [0.5, 0.6) is 5.75 Å². The summed E-state index contributed by atoms with van der Waals surface area (Å²) in [6.45, 7) is 0.550. The van der Waals surface area contributed by atoms with E-state index >= 15 is 0 Å². The van der Waals surface area contributed by atoms with Gasteiger partial charge in [0.2, 0.25) is 23.6 Å². The summed E-state index contributed by atoms with van der Waals surface area (Å²) in [5.41, 5.74) is 32.5. The van der Waals surface area contributed by atoms with Crippen LogP contribution in [0.1, 0.15) is 56.1 Å². The number of amides is 4. The number of hydrogen-bond acceptors (Lipinski definition) is 10. The number of nitrogens with zero attached hydrogens (tertiary/aromatic N) is 1. The van der Waals surface area contributed by atoms with E-state index in [0.717, 1.165) is 16.7 Å². The van der Waals surface area contributed by atoms with E-state index in [1.165, 1.54) is 11.0 Å². The third-order valence-electron chi connectivity index (χ3n) is 8.63. The highest BCUT2D eigenvalue weighted by molar-refractivity contribution is 5.96. The Bertz CT molecular complexity index is 1390. The summed E-state index contributed by atoms with van der Waals surface area (Å²) in [6.07, 6.45) is 2.68. The molecule has 4 bridgehead atoms. The van der Waals surface area contributed by atoms with E-state index in [1.807, 2.05) is 24.3 Å². The number of aliphatic hydroxyl groups excluding tert-OH is 1. The van der Waals surface area contributed by atoms with Gasteiger partial charge in [-0.05, 0) is 86.0 Å². The Morgan fingerprint density at radius 3 is 2.40 bits per heavy atom. The van der Waals surface area contributed by atoms with Gasteiger partial charge < -0.3 is 54.4 Å². The fourth-order valence-corrected chi connectivity index (χ4v) is 5.94. The lowest BCUT2D eigenvalue weighted by Crippen LogP contribution is -2.63. The first kappa shape index (κ1) is 38.4. The topological polar surface area (TPSA) is 266 Å². The summed E-state index contributed by atoms with van der Waals surface area (Å²) in [4.78, 5) is 56.3. The number of carbonyl (C=O) groups excluding carboxylic acids is 4. The van der Waals surface area contributed by atoms with Crippen LogP contribution in [0.3, 0.4) is 0 Å². The molecule has 0 aromatic heterocycles. The molecule has 0 aliphatic carbocycles. The maximum absolute atomic E-state index is 14.4. The predicted octanol–water partition coefficient (Wildman–Crippen LogP) is -0.895. The van der Waals surface area contributed by atoms with E-state index in [0.29, 0.717) is 37.7 Å². The molecule has 2 aromatic carbocycles. The van der Waals surface area contributed by atoms with Crippen LogP contribution in [0.15, 0.2) is 42.5 Å². The monoisotopic (exact) mass is 668 g/mol. The molecule has 264 valence electrons. The molecule has 0 saturated carbocycles. The maximum Gasteiger partial charge on any atom is 0.243 e. The first-order valence-electron chi connectivity index (χ1n) is 16.6. The lowest BCUT2D eigenvalue weighted by atomic mass is 9.95. The van der Waals surface area contributed by atoms with Crippen LogP contribution in [-0.4, -0.2) is 95.2 Å². The van der Waals surface area contributed by atoms with Crippen molar-refractivity contribution in [2.75, 3.05) is 26.2 Å². The SMILES string of the molecule is NCCC[C@@H](C(=O)NCCCC[C@H](N)CO)N1C(=O)[C@@H](N)Cc2cc(ccc2O)-c2cccc(c2)C[C@@H](C(N)=O)NC(=O)[C@@H]1CCCN. The van der Waals surface area contributed by atoms with Crippen molar-refractivity contribution < 1.29 is 29.4 Å². The zero-order valence-electron chi connectivity index (χ0n) is 27.5. The van der Waals surface area contributed by atoms with Crippen molar-refractivity contribution in [2.45, 2.75) is 88.0 Å². The molecule has 3 rings (SSSR count). The van der Waals surface area contributed by atoms with Crippen molar-refractivity contribution in [1.29, 1.82) is 0 Å². The van der Waals surface area contributed by atoms with Crippen LogP contribution in [0.25, 0.3) is 11.1 Å². The third kappa shape index (κ3) is 10.7. The van der Waals surface area contributed by atoms with Gasteiger partial charge in [-0.25, -0.2) is 0 Å². The number of nitrogens with two attached hydrogens (primary N) is 5. The number of aromatic hydroxyl groups is 1. The molecule has 4 amide bonds. The minimum Gasteiger partial charge on any atom is -0.508 e. The van der Waals surface area contributed by atoms with Gasteiger partial charge in [0.05, 0.1) is 12.6 Å². The van der Waals surface area contributed by atoms with Crippen LogP contribution in [0.4, 0.5) is 0 Å². The number of fused-ring (bicyclic) bond motifs is 5. The van der Waals surface area contributed by atoms with E-state index in [4.69, 9.17) is 28.7 Å². The van der Waals surface area contributed by atoms with E-state index in [2.05, 4.69) is 10.6 Å². The molecule has 14 heteroatoms. The molecule has 0 unspecified atom stereocenters. The van der Waals surface area contributed by atoms with E-state index in [-0.39, 0.29) is 63.7 Å². The number of nitrogens with one attached hydrogen (secondary N) is 2. The zero-order valence-corrected chi connectivity index (χ0v) is 27.5. The molecule has 0 fully saturated rings. The second kappa shape index (κ2) is 19.1. The Balaban J connectivity index is 2.10. The molecular formula is C34H52N8O6. The van der Waals surface area contributed by atoms with Crippen LogP contribution in [0, 0.1) is 0 Å². The minimum atomic E-state index is -1.25. The number of phenols is 1. The average Bonchev–Trinajstić information content (AvgIpc) is 3.07. The second-order valence-corrected chi connectivity index (χ2v) is 12.4. The summed E-state index contributed by atoms with van der Waals surface area (Å²) < 4.78 is 0. The number of aliphatic hydroxyl groups is 1. The number of unbranched alkanes of at least 4 members (excludes halogenated alkanes) is 1. The fraction of sp³-hybridized carbons (Fsp3) is 0.529. The van der Waals surface area contributed by atoms with Crippen LogP contribution >= 0.6 is 0 Å². The molecule has 0 spiro atoms. The lowest BCUT2D eigenvalue weighted by Gasteiger charge is -2.39. The summed E-state index contributed by atoms with van der Waals surface area (Å²) in [5, 5.41) is 25.6. The molecule has 1 aliphatic rings. The van der Waals surface area contributed by atoms with Crippen molar-refractivity contribution in [3.05, 3.63) is 53.6 Å².